The normalized spacial score (nSPS) is 12.0. The SMILES string of the molecule is CSCc1nnc(S[C@H](C)C(=O)Nc2cccc(C(C)=O)c2)o1. The van der Waals surface area contributed by atoms with Crippen LogP contribution in [0.1, 0.15) is 30.1 Å². The average Bonchev–Trinajstić information content (AvgIpc) is 2.95. The molecule has 0 bridgehead atoms. The third-order valence-corrected chi connectivity index (χ3v) is 4.37. The van der Waals surface area contributed by atoms with Gasteiger partial charge in [-0.05, 0) is 32.2 Å². The molecule has 1 atom stereocenters. The van der Waals surface area contributed by atoms with E-state index in [9.17, 15) is 9.59 Å². The van der Waals surface area contributed by atoms with Gasteiger partial charge in [-0.15, -0.1) is 10.2 Å². The summed E-state index contributed by atoms with van der Waals surface area (Å²) in [6, 6.07) is 6.84. The number of benzene rings is 1. The predicted molar refractivity (Wildman–Crippen MR) is 91.9 cm³/mol. The Balaban J connectivity index is 1.96. The van der Waals surface area contributed by atoms with Crippen molar-refractivity contribution in [2.45, 2.75) is 30.1 Å². The fourth-order valence-corrected chi connectivity index (χ4v) is 2.80. The van der Waals surface area contributed by atoms with Crippen LogP contribution in [-0.2, 0) is 10.5 Å². The zero-order chi connectivity index (χ0) is 16.8. The van der Waals surface area contributed by atoms with Gasteiger partial charge in [-0.2, -0.15) is 11.8 Å². The summed E-state index contributed by atoms with van der Waals surface area (Å²) in [6.07, 6.45) is 1.95. The fraction of sp³-hybridized carbons (Fsp3) is 0.333. The number of aromatic nitrogens is 2. The standard InChI is InChI=1S/C15H17N3O3S2/c1-9(19)11-5-4-6-12(7-11)16-14(20)10(2)23-15-18-17-13(21-15)8-22-3/h4-7,10H,8H2,1-3H3,(H,16,20)/t10-/m1/s1. The number of nitrogens with one attached hydrogen (secondary N) is 1. The lowest BCUT2D eigenvalue weighted by atomic mass is 10.1. The van der Waals surface area contributed by atoms with Crippen molar-refractivity contribution in [3.05, 3.63) is 35.7 Å². The number of amides is 1. The summed E-state index contributed by atoms with van der Waals surface area (Å²) < 4.78 is 5.44. The molecular formula is C15H17N3O3S2. The number of hydrogen-bond acceptors (Lipinski definition) is 7. The second kappa shape index (κ2) is 8.16. The van der Waals surface area contributed by atoms with E-state index in [1.54, 1.807) is 43.0 Å². The van der Waals surface area contributed by atoms with Crippen molar-refractivity contribution in [1.29, 1.82) is 0 Å². The first-order valence-corrected chi connectivity index (χ1v) is 9.16. The Morgan fingerprint density at radius 1 is 1.35 bits per heavy atom. The number of carbonyl (C=O) groups is 2. The van der Waals surface area contributed by atoms with Gasteiger partial charge in [0.25, 0.3) is 5.22 Å². The number of anilines is 1. The van der Waals surface area contributed by atoms with E-state index in [1.165, 1.54) is 18.7 Å². The molecule has 1 heterocycles. The van der Waals surface area contributed by atoms with Crippen LogP contribution in [-0.4, -0.2) is 33.4 Å². The maximum atomic E-state index is 12.2. The minimum atomic E-state index is -0.404. The Morgan fingerprint density at radius 3 is 2.83 bits per heavy atom. The summed E-state index contributed by atoms with van der Waals surface area (Å²) in [5, 5.41) is 10.6. The van der Waals surface area contributed by atoms with Crippen LogP contribution in [0.25, 0.3) is 0 Å². The highest BCUT2D eigenvalue weighted by atomic mass is 32.2. The Hall–Kier alpha value is -1.80. The molecule has 0 fully saturated rings. The second-order valence-corrected chi connectivity index (χ2v) is 6.94. The molecule has 0 spiro atoms. The van der Waals surface area contributed by atoms with Gasteiger partial charge in [-0.1, -0.05) is 23.9 Å². The molecule has 1 amide bonds. The summed E-state index contributed by atoms with van der Waals surface area (Å²) in [5.74, 6) is 0.948. The molecular weight excluding hydrogens is 334 g/mol. The molecule has 122 valence electrons. The van der Waals surface area contributed by atoms with Crippen LogP contribution in [0.5, 0.6) is 0 Å². The lowest BCUT2D eigenvalue weighted by molar-refractivity contribution is -0.115. The van der Waals surface area contributed by atoms with Crippen LogP contribution in [0.3, 0.4) is 0 Å². The molecule has 6 nitrogen and oxygen atoms in total. The summed E-state index contributed by atoms with van der Waals surface area (Å²) >= 11 is 2.79. The lowest BCUT2D eigenvalue weighted by Gasteiger charge is -2.10. The van der Waals surface area contributed by atoms with E-state index in [2.05, 4.69) is 15.5 Å². The van der Waals surface area contributed by atoms with Crippen LogP contribution in [0, 0.1) is 0 Å². The molecule has 8 heteroatoms. The molecule has 0 saturated heterocycles. The molecule has 0 aliphatic rings. The molecule has 2 rings (SSSR count). The molecule has 0 aliphatic heterocycles. The molecule has 0 aliphatic carbocycles. The highest BCUT2D eigenvalue weighted by molar-refractivity contribution is 8.00. The van der Waals surface area contributed by atoms with Gasteiger partial charge in [0, 0.05) is 11.3 Å². The van der Waals surface area contributed by atoms with Crippen LogP contribution in [0.2, 0.25) is 0 Å². The number of carbonyl (C=O) groups excluding carboxylic acids is 2. The Bertz CT molecular complexity index is 703. The van der Waals surface area contributed by atoms with Crippen molar-refractivity contribution < 1.29 is 14.0 Å². The first-order chi connectivity index (χ1) is 11.0. The van der Waals surface area contributed by atoms with Crippen LogP contribution in [0.4, 0.5) is 5.69 Å². The monoisotopic (exact) mass is 351 g/mol. The number of hydrogen-bond donors (Lipinski definition) is 1. The summed E-state index contributed by atoms with van der Waals surface area (Å²) in [7, 11) is 0. The number of ketones is 1. The molecule has 2 aromatic rings. The smallest absolute Gasteiger partial charge is 0.277 e. The summed E-state index contributed by atoms with van der Waals surface area (Å²) in [4.78, 5) is 23.6. The first kappa shape index (κ1) is 17.6. The van der Waals surface area contributed by atoms with Crippen LogP contribution < -0.4 is 5.32 Å². The maximum Gasteiger partial charge on any atom is 0.277 e. The van der Waals surface area contributed by atoms with Crippen molar-refractivity contribution in [3.8, 4) is 0 Å². The third-order valence-electron chi connectivity index (χ3n) is 2.90. The topological polar surface area (TPSA) is 85.1 Å². The van der Waals surface area contributed by atoms with Gasteiger partial charge in [0.1, 0.15) is 0 Å². The van der Waals surface area contributed by atoms with Crippen molar-refractivity contribution in [2.24, 2.45) is 0 Å². The van der Waals surface area contributed by atoms with Gasteiger partial charge in [-0.3, -0.25) is 9.59 Å². The van der Waals surface area contributed by atoms with E-state index in [-0.39, 0.29) is 11.7 Å². The minimum absolute atomic E-state index is 0.0456. The molecule has 1 aromatic heterocycles. The van der Waals surface area contributed by atoms with Crippen molar-refractivity contribution in [3.63, 3.8) is 0 Å². The summed E-state index contributed by atoms with van der Waals surface area (Å²) in [6.45, 7) is 3.24. The van der Waals surface area contributed by atoms with Crippen LogP contribution >= 0.6 is 23.5 Å². The highest BCUT2D eigenvalue weighted by Crippen LogP contribution is 2.24. The van der Waals surface area contributed by atoms with Crippen LogP contribution in [0.15, 0.2) is 33.9 Å². The van der Waals surface area contributed by atoms with Crippen molar-refractivity contribution in [1.82, 2.24) is 10.2 Å². The maximum absolute atomic E-state index is 12.2. The largest absolute Gasteiger partial charge is 0.415 e. The Kier molecular flexibility index (Phi) is 6.23. The van der Waals surface area contributed by atoms with E-state index in [1.807, 2.05) is 6.26 Å². The first-order valence-electron chi connectivity index (χ1n) is 6.89. The fourth-order valence-electron chi connectivity index (χ4n) is 1.73. The summed E-state index contributed by atoms with van der Waals surface area (Å²) in [5.41, 5.74) is 1.14. The highest BCUT2D eigenvalue weighted by Gasteiger charge is 2.18. The number of Topliss-reactive ketones (excluding diaryl/α,β-unsaturated/α-hetero) is 1. The molecule has 23 heavy (non-hydrogen) atoms. The van der Waals surface area contributed by atoms with E-state index >= 15 is 0 Å². The molecule has 1 N–H and O–H groups in total. The van der Waals surface area contributed by atoms with Gasteiger partial charge < -0.3 is 9.73 Å². The number of thioether (sulfide) groups is 2. The van der Waals surface area contributed by atoms with Gasteiger partial charge in [0.15, 0.2) is 5.78 Å². The molecule has 0 unspecified atom stereocenters. The third kappa shape index (κ3) is 5.11. The minimum Gasteiger partial charge on any atom is -0.415 e. The molecule has 0 saturated carbocycles. The van der Waals surface area contributed by atoms with E-state index < -0.39 is 5.25 Å². The number of rotatable bonds is 7. The zero-order valence-corrected chi connectivity index (χ0v) is 14.7. The second-order valence-electron chi connectivity index (χ2n) is 4.78. The van der Waals surface area contributed by atoms with Gasteiger partial charge in [0.2, 0.25) is 11.8 Å². The van der Waals surface area contributed by atoms with Crippen molar-refractivity contribution >= 4 is 40.9 Å². The quantitative estimate of drug-likeness (QED) is 0.605. The van der Waals surface area contributed by atoms with Gasteiger partial charge in [0.05, 0.1) is 11.0 Å². The van der Waals surface area contributed by atoms with Crippen molar-refractivity contribution in [2.75, 3.05) is 11.6 Å². The van der Waals surface area contributed by atoms with E-state index in [0.717, 1.165) is 0 Å². The van der Waals surface area contributed by atoms with E-state index in [0.29, 0.717) is 28.1 Å². The lowest BCUT2D eigenvalue weighted by Crippen LogP contribution is -2.22. The average molecular weight is 351 g/mol. The zero-order valence-electron chi connectivity index (χ0n) is 13.0. The Labute approximate surface area is 142 Å². The number of nitrogens with zero attached hydrogens (tertiary/aromatic N) is 2. The Morgan fingerprint density at radius 2 is 2.13 bits per heavy atom. The predicted octanol–water partition coefficient (Wildman–Crippen LogP) is 3.25. The van der Waals surface area contributed by atoms with E-state index in [4.69, 9.17) is 4.42 Å². The van der Waals surface area contributed by atoms with Gasteiger partial charge >= 0.3 is 0 Å². The van der Waals surface area contributed by atoms with Gasteiger partial charge in [-0.25, -0.2) is 0 Å². The molecule has 0 radical (unpaired) electrons. The molecule has 1 aromatic carbocycles.